The van der Waals surface area contributed by atoms with Crippen LogP contribution in [-0.2, 0) is 20.8 Å². The lowest BCUT2D eigenvalue weighted by molar-refractivity contribution is -0.133. The molecular formula is C12H15NO3. The van der Waals surface area contributed by atoms with E-state index < -0.39 is 5.97 Å². The van der Waals surface area contributed by atoms with E-state index in [0.717, 1.165) is 11.1 Å². The number of carbonyl (C=O) groups is 1. The SMILES string of the molecule is CO/C=C(/C(=O)OC)c1ccccc1CN. The fourth-order valence-corrected chi connectivity index (χ4v) is 1.41. The van der Waals surface area contributed by atoms with Gasteiger partial charge in [-0.15, -0.1) is 0 Å². The van der Waals surface area contributed by atoms with E-state index in [1.54, 1.807) is 0 Å². The van der Waals surface area contributed by atoms with Gasteiger partial charge in [0.1, 0.15) is 5.57 Å². The van der Waals surface area contributed by atoms with Crippen LogP contribution in [0.4, 0.5) is 0 Å². The Balaban J connectivity index is 3.21. The summed E-state index contributed by atoms with van der Waals surface area (Å²) < 4.78 is 9.57. The molecule has 0 aromatic heterocycles. The summed E-state index contributed by atoms with van der Waals surface area (Å²) in [6.45, 7) is 0.355. The van der Waals surface area contributed by atoms with Crippen LogP contribution in [0.5, 0.6) is 0 Å². The first-order valence-corrected chi connectivity index (χ1v) is 4.84. The molecule has 4 nitrogen and oxygen atoms in total. The summed E-state index contributed by atoms with van der Waals surface area (Å²) in [7, 11) is 2.81. The third-order valence-electron chi connectivity index (χ3n) is 2.17. The average molecular weight is 221 g/mol. The predicted octanol–water partition coefficient (Wildman–Crippen LogP) is 1.31. The van der Waals surface area contributed by atoms with Crippen LogP contribution in [0.2, 0.25) is 0 Å². The standard InChI is InChI=1S/C12H15NO3/c1-15-8-11(12(14)16-2)10-6-4-3-5-9(10)7-13/h3-6,8H,7,13H2,1-2H3/b11-8+. The first-order chi connectivity index (χ1) is 7.74. The molecule has 0 aliphatic rings. The van der Waals surface area contributed by atoms with E-state index in [-0.39, 0.29) is 0 Å². The number of methoxy groups -OCH3 is 2. The van der Waals surface area contributed by atoms with Gasteiger partial charge in [0.25, 0.3) is 0 Å². The molecule has 1 rings (SSSR count). The zero-order valence-electron chi connectivity index (χ0n) is 9.40. The highest BCUT2D eigenvalue weighted by atomic mass is 16.5. The smallest absolute Gasteiger partial charge is 0.341 e. The largest absolute Gasteiger partial charge is 0.503 e. The van der Waals surface area contributed by atoms with Gasteiger partial charge in [-0.1, -0.05) is 24.3 Å². The Morgan fingerprint density at radius 2 is 2.06 bits per heavy atom. The minimum absolute atomic E-state index is 0.355. The van der Waals surface area contributed by atoms with Crippen molar-refractivity contribution in [2.45, 2.75) is 6.54 Å². The maximum atomic E-state index is 11.6. The van der Waals surface area contributed by atoms with Crippen LogP contribution in [0.1, 0.15) is 11.1 Å². The second-order valence-corrected chi connectivity index (χ2v) is 3.12. The number of hydrogen-bond acceptors (Lipinski definition) is 4. The van der Waals surface area contributed by atoms with Crippen molar-refractivity contribution < 1.29 is 14.3 Å². The molecule has 0 saturated carbocycles. The molecule has 0 spiro atoms. The van der Waals surface area contributed by atoms with Gasteiger partial charge in [-0.25, -0.2) is 4.79 Å². The lowest BCUT2D eigenvalue weighted by Crippen LogP contribution is -2.08. The van der Waals surface area contributed by atoms with Crippen LogP contribution in [0.3, 0.4) is 0 Å². The minimum atomic E-state index is -0.442. The van der Waals surface area contributed by atoms with Crippen molar-refractivity contribution in [2.75, 3.05) is 14.2 Å². The molecule has 0 aliphatic carbocycles. The Hall–Kier alpha value is -1.81. The van der Waals surface area contributed by atoms with E-state index in [1.807, 2.05) is 24.3 Å². The number of hydrogen-bond donors (Lipinski definition) is 1. The maximum Gasteiger partial charge on any atom is 0.341 e. The zero-order valence-corrected chi connectivity index (χ0v) is 9.40. The average Bonchev–Trinajstić information content (AvgIpc) is 2.35. The molecule has 86 valence electrons. The quantitative estimate of drug-likeness (QED) is 0.473. The molecule has 0 aliphatic heterocycles. The number of nitrogens with two attached hydrogens (primary N) is 1. The second-order valence-electron chi connectivity index (χ2n) is 3.12. The van der Waals surface area contributed by atoms with E-state index in [4.69, 9.17) is 15.2 Å². The summed E-state index contributed by atoms with van der Waals surface area (Å²) in [5.41, 5.74) is 7.58. The molecule has 1 aromatic carbocycles. The molecule has 1 aromatic rings. The Morgan fingerprint density at radius 1 is 1.38 bits per heavy atom. The predicted molar refractivity (Wildman–Crippen MR) is 61.3 cm³/mol. The fourth-order valence-electron chi connectivity index (χ4n) is 1.41. The minimum Gasteiger partial charge on any atom is -0.503 e. The van der Waals surface area contributed by atoms with Crippen LogP contribution in [-0.4, -0.2) is 20.2 Å². The highest BCUT2D eigenvalue weighted by molar-refractivity contribution is 6.16. The van der Waals surface area contributed by atoms with Crippen LogP contribution in [0.15, 0.2) is 30.5 Å². The van der Waals surface area contributed by atoms with E-state index >= 15 is 0 Å². The van der Waals surface area contributed by atoms with E-state index in [1.165, 1.54) is 20.5 Å². The third kappa shape index (κ3) is 2.61. The lowest BCUT2D eigenvalue weighted by Gasteiger charge is -2.09. The summed E-state index contributed by atoms with van der Waals surface area (Å²) in [6, 6.07) is 7.38. The molecule has 0 bridgehead atoms. The Kier molecular flexibility index (Phi) is 4.54. The normalized spacial score (nSPS) is 11.1. The monoisotopic (exact) mass is 221 g/mol. The van der Waals surface area contributed by atoms with Crippen molar-refractivity contribution in [2.24, 2.45) is 5.73 Å². The van der Waals surface area contributed by atoms with Gasteiger partial charge in [-0.05, 0) is 11.1 Å². The van der Waals surface area contributed by atoms with Crippen molar-refractivity contribution in [1.82, 2.24) is 0 Å². The number of ether oxygens (including phenoxy) is 2. The molecule has 0 atom stereocenters. The molecule has 0 heterocycles. The van der Waals surface area contributed by atoms with Gasteiger partial charge < -0.3 is 15.2 Å². The van der Waals surface area contributed by atoms with Crippen molar-refractivity contribution in [3.05, 3.63) is 41.7 Å². The summed E-state index contributed by atoms with van der Waals surface area (Å²) in [6.07, 6.45) is 1.36. The summed E-state index contributed by atoms with van der Waals surface area (Å²) in [5.74, 6) is -0.442. The van der Waals surface area contributed by atoms with E-state index in [9.17, 15) is 4.79 Å². The number of carbonyl (C=O) groups excluding carboxylic acids is 1. The lowest BCUT2D eigenvalue weighted by atomic mass is 10.0. The first kappa shape index (κ1) is 12.3. The highest BCUT2D eigenvalue weighted by Crippen LogP contribution is 2.20. The molecule has 0 unspecified atom stereocenters. The summed E-state index contributed by atoms with van der Waals surface area (Å²) in [4.78, 5) is 11.6. The van der Waals surface area contributed by atoms with Crippen molar-refractivity contribution in [3.63, 3.8) is 0 Å². The molecular weight excluding hydrogens is 206 g/mol. The van der Waals surface area contributed by atoms with Crippen LogP contribution in [0, 0.1) is 0 Å². The summed E-state index contributed by atoms with van der Waals surface area (Å²) in [5, 5.41) is 0. The molecule has 0 saturated heterocycles. The Bertz CT molecular complexity index is 399. The molecule has 16 heavy (non-hydrogen) atoms. The Morgan fingerprint density at radius 3 is 2.62 bits per heavy atom. The number of benzene rings is 1. The Labute approximate surface area is 94.7 Å². The third-order valence-corrected chi connectivity index (χ3v) is 2.17. The zero-order chi connectivity index (χ0) is 12.0. The van der Waals surface area contributed by atoms with Crippen molar-refractivity contribution in [1.29, 1.82) is 0 Å². The summed E-state index contributed by atoms with van der Waals surface area (Å²) >= 11 is 0. The van der Waals surface area contributed by atoms with Gasteiger partial charge in [-0.2, -0.15) is 0 Å². The molecule has 4 heteroatoms. The van der Waals surface area contributed by atoms with Gasteiger partial charge in [0, 0.05) is 6.54 Å². The molecule has 2 N–H and O–H groups in total. The van der Waals surface area contributed by atoms with Crippen LogP contribution >= 0.6 is 0 Å². The van der Waals surface area contributed by atoms with Crippen LogP contribution < -0.4 is 5.73 Å². The highest BCUT2D eigenvalue weighted by Gasteiger charge is 2.15. The van der Waals surface area contributed by atoms with Crippen molar-refractivity contribution >= 4 is 11.5 Å². The van der Waals surface area contributed by atoms with Crippen LogP contribution in [0.25, 0.3) is 5.57 Å². The second kappa shape index (κ2) is 5.92. The number of rotatable bonds is 4. The van der Waals surface area contributed by atoms with Gasteiger partial charge in [-0.3, -0.25) is 0 Å². The van der Waals surface area contributed by atoms with E-state index in [2.05, 4.69) is 0 Å². The van der Waals surface area contributed by atoms with Gasteiger partial charge in [0.2, 0.25) is 0 Å². The van der Waals surface area contributed by atoms with Crippen molar-refractivity contribution in [3.8, 4) is 0 Å². The van der Waals surface area contributed by atoms with Gasteiger partial charge >= 0.3 is 5.97 Å². The molecule has 0 amide bonds. The first-order valence-electron chi connectivity index (χ1n) is 4.84. The fraction of sp³-hybridized carbons (Fsp3) is 0.250. The maximum absolute atomic E-state index is 11.6. The molecule has 0 radical (unpaired) electrons. The topological polar surface area (TPSA) is 61.5 Å². The number of esters is 1. The van der Waals surface area contributed by atoms with Gasteiger partial charge in [0.05, 0.1) is 20.5 Å². The van der Waals surface area contributed by atoms with Gasteiger partial charge in [0.15, 0.2) is 0 Å². The molecule has 0 fully saturated rings. The van der Waals surface area contributed by atoms with E-state index in [0.29, 0.717) is 12.1 Å².